The molecule has 6 rings (SSSR count). The van der Waals surface area contributed by atoms with Crippen molar-refractivity contribution in [2.24, 2.45) is 17.8 Å². The van der Waals surface area contributed by atoms with Crippen molar-refractivity contribution in [2.45, 2.75) is 134 Å². The molecule has 0 radical (unpaired) electrons. The fourth-order valence-electron chi connectivity index (χ4n) is 7.89. The number of amides is 4. The Morgan fingerprint density at radius 3 is 2.54 bits per heavy atom. The lowest BCUT2D eigenvalue weighted by Gasteiger charge is -2.34. The zero-order valence-corrected chi connectivity index (χ0v) is 34.4. The molecule has 3 heterocycles. The molecule has 15 heteroatoms. The molecule has 56 heavy (non-hydrogen) atoms. The van der Waals surface area contributed by atoms with Crippen molar-refractivity contribution in [3.8, 4) is 11.6 Å². The van der Waals surface area contributed by atoms with Gasteiger partial charge in [-0.2, -0.15) is 0 Å². The molecule has 3 fully saturated rings. The van der Waals surface area contributed by atoms with Gasteiger partial charge in [0, 0.05) is 23.9 Å². The van der Waals surface area contributed by atoms with E-state index < -0.39 is 73.8 Å². The average Bonchev–Trinajstić information content (AvgIpc) is 4.00. The summed E-state index contributed by atoms with van der Waals surface area (Å²) >= 11 is 0. The van der Waals surface area contributed by atoms with Crippen LogP contribution in [0.25, 0.3) is 10.8 Å². The highest BCUT2D eigenvalue weighted by Crippen LogP contribution is 2.47. The van der Waals surface area contributed by atoms with Crippen molar-refractivity contribution in [1.82, 2.24) is 25.2 Å². The van der Waals surface area contributed by atoms with Crippen LogP contribution in [-0.2, 0) is 29.1 Å². The first kappa shape index (κ1) is 41.2. The Bertz CT molecular complexity index is 1980. The van der Waals surface area contributed by atoms with Crippen LogP contribution in [-0.4, -0.2) is 89.3 Å². The Balaban J connectivity index is 1.36. The predicted octanol–water partition coefficient (Wildman–Crippen LogP) is 5.15. The molecule has 2 saturated carbocycles. The van der Waals surface area contributed by atoms with Crippen LogP contribution in [0.15, 0.2) is 42.6 Å². The summed E-state index contributed by atoms with van der Waals surface area (Å²) in [5.41, 5.74) is -2.35. The van der Waals surface area contributed by atoms with E-state index in [4.69, 9.17) is 14.2 Å². The largest absolute Gasteiger partial charge is 0.494 e. The second-order valence-electron chi connectivity index (χ2n) is 17.2. The Labute approximate surface area is 329 Å². The van der Waals surface area contributed by atoms with E-state index in [2.05, 4.69) is 27.3 Å². The summed E-state index contributed by atoms with van der Waals surface area (Å²) in [6.07, 6.45) is 7.80. The predicted molar refractivity (Wildman–Crippen MR) is 210 cm³/mol. The van der Waals surface area contributed by atoms with Gasteiger partial charge in [-0.05, 0) is 115 Å². The molecule has 4 aliphatic rings. The van der Waals surface area contributed by atoms with Crippen molar-refractivity contribution >= 4 is 44.6 Å². The average molecular weight is 796 g/mol. The summed E-state index contributed by atoms with van der Waals surface area (Å²) in [5, 5.41) is 7.33. The Kier molecular flexibility index (Phi) is 11.7. The molecule has 0 unspecified atom stereocenters. The quantitative estimate of drug-likeness (QED) is 0.287. The number of alkyl carbamates (subject to hydrolysis) is 1. The third-order valence-electron chi connectivity index (χ3n) is 11.6. The number of ether oxygens (including phenoxy) is 3. The number of fused-ring (bicyclic) bond motifs is 3. The molecule has 0 bridgehead atoms. The van der Waals surface area contributed by atoms with Crippen molar-refractivity contribution in [3.63, 3.8) is 0 Å². The lowest BCUT2D eigenvalue weighted by atomic mass is 9.85. The maximum absolute atomic E-state index is 14.9. The number of rotatable bonds is 9. The van der Waals surface area contributed by atoms with E-state index in [0.717, 1.165) is 17.2 Å². The maximum atomic E-state index is 14.9. The zero-order chi connectivity index (χ0) is 40.6. The minimum absolute atomic E-state index is 0.0141. The fourth-order valence-corrected chi connectivity index (χ4v) is 9.20. The number of nitrogens with one attached hydrogen (secondary N) is 3. The zero-order valence-electron chi connectivity index (χ0n) is 33.6. The molecule has 4 amide bonds. The monoisotopic (exact) mass is 795 g/mol. The van der Waals surface area contributed by atoms with E-state index in [1.54, 1.807) is 33.9 Å². The van der Waals surface area contributed by atoms with Crippen LogP contribution in [0.4, 0.5) is 4.79 Å². The standard InChI is InChI=1S/C41H57N5O9S/c1-8-26-20-25(3)12-10-11-13-28-23-41(28,37(49)45-56(51,52)40(7)17-18-40)44-34(47)32-22-30(24-46(32)36(48)33(26)43-38(50)55-39(4,5)6)54-35-31-15-14-29(53-9-2)21-27(31)16-19-42-35/h11,13-16,19,21,25-26,28,30,32-33H,8-10,12,17-18,20,22-24H2,1-7H3,(H,43,50)(H,44,47)(H,45,49)/b13-11-/t25-,26+,28+,30+,32-,33-,41+/m0/s1. The summed E-state index contributed by atoms with van der Waals surface area (Å²) in [6, 6.07) is 5.24. The summed E-state index contributed by atoms with van der Waals surface area (Å²) in [6.45, 7) is 13.3. The summed E-state index contributed by atoms with van der Waals surface area (Å²) in [7, 11) is -4.00. The first-order chi connectivity index (χ1) is 26.4. The molecule has 2 aliphatic heterocycles. The van der Waals surface area contributed by atoms with E-state index in [1.807, 2.05) is 50.3 Å². The van der Waals surface area contributed by atoms with Crippen LogP contribution in [0, 0.1) is 17.8 Å². The van der Waals surface area contributed by atoms with E-state index in [0.29, 0.717) is 50.3 Å². The number of carbonyl (C=O) groups excluding carboxylic acids is 4. The molecule has 2 aromatic rings. The van der Waals surface area contributed by atoms with Crippen molar-refractivity contribution in [2.75, 3.05) is 13.2 Å². The molecule has 306 valence electrons. The highest BCUT2D eigenvalue weighted by molar-refractivity contribution is 7.91. The highest BCUT2D eigenvalue weighted by Gasteiger charge is 2.63. The SMILES string of the molecule is CCOc1ccc2c(O[C@@H]3C[C@H]4C(=O)N[C@]5(C(=O)NS(=O)(=O)C6(C)CC6)C[C@H]5/C=C\CC[C@H](C)C[C@@H](CC)[C@H](NC(=O)OC(C)(C)C)C(=O)N4C3)nccc2c1. The van der Waals surface area contributed by atoms with Gasteiger partial charge in [0.25, 0.3) is 5.91 Å². The van der Waals surface area contributed by atoms with Gasteiger partial charge in [0.2, 0.25) is 27.7 Å². The van der Waals surface area contributed by atoms with E-state index in [1.165, 1.54) is 4.90 Å². The normalized spacial score (nSPS) is 29.7. The third-order valence-corrected chi connectivity index (χ3v) is 13.7. The van der Waals surface area contributed by atoms with Crippen LogP contribution in [0.3, 0.4) is 0 Å². The van der Waals surface area contributed by atoms with Crippen molar-refractivity contribution in [3.05, 3.63) is 42.6 Å². The van der Waals surface area contributed by atoms with Gasteiger partial charge in [0.15, 0.2) is 0 Å². The lowest BCUT2D eigenvalue weighted by molar-refractivity contribution is -0.142. The van der Waals surface area contributed by atoms with Gasteiger partial charge < -0.3 is 29.7 Å². The number of nitrogens with zero attached hydrogens (tertiary/aromatic N) is 2. The number of allylic oxidation sites excluding steroid dienone is 1. The smallest absolute Gasteiger partial charge is 0.408 e. The molecule has 1 aromatic carbocycles. The lowest BCUT2D eigenvalue weighted by Crippen LogP contribution is -2.59. The Morgan fingerprint density at radius 1 is 1.11 bits per heavy atom. The van der Waals surface area contributed by atoms with Crippen LogP contribution >= 0.6 is 0 Å². The van der Waals surface area contributed by atoms with Crippen LogP contribution < -0.4 is 24.8 Å². The van der Waals surface area contributed by atoms with E-state index in [-0.39, 0.29) is 31.2 Å². The topological polar surface area (TPSA) is 182 Å². The number of carbonyl (C=O) groups is 4. The summed E-state index contributed by atoms with van der Waals surface area (Å²) in [5.74, 6) is -1.46. The van der Waals surface area contributed by atoms with E-state index in [9.17, 15) is 27.6 Å². The number of pyridine rings is 1. The summed E-state index contributed by atoms with van der Waals surface area (Å²) < 4.78 is 45.5. The number of sulfonamides is 1. The van der Waals surface area contributed by atoms with Crippen molar-refractivity contribution < 1.29 is 41.8 Å². The van der Waals surface area contributed by atoms with Gasteiger partial charge in [-0.1, -0.05) is 32.4 Å². The van der Waals surface area contributed by atoms with Crippen LogP contribution in [0.5, 0.6) is 11.6 Å². The van der Waals surface area contributed by atoms with Crippen LogP contribution in [0.2, 0.25) is 0 Å². The Hall–Kier alpha value is -4.40. The minimum atomic E-state index is -4.00. The molecule has 7 atom stereocenters. The molecule has 0 spiro atoms. The number of aromatic nitrogens is 1. The third kappa shape index (κ3) is 8.92. The fraction of sp³-hybridized carbons (Fsp3) is 0.634. The number of hydrogen-bond donors (Lipinski definition) is 3. The highest BCUT2D eigenvalue weighted by atomic mass is 32.2. The van der Waals surface area contributed by atoms with Gasteiger partial charge in [-0.3, -0.25) is 19.1 Å². The maximum Gasteiger partial charge on any atom is 0.408 e. The van der Waals surface area contributed by atoms with Gasteiger partial charge in [-0.25, -0.2) is 18.2 Å². The molecule has 14 nitrogen and oxygen atoms in total. The minimum Gasteiger partial charge on any atom is -0.494 e. The molecule has 1 aromatic heterocycles. The second kappa shape index (κ2) is 15.9. The molecular weight excluding hydrogens is 739 g/mol. The van der Waals surface area contributed by atoms with Gasteiger partial charge in [-0.15, -0.1) is 0 Å². The first-order valence-electron chi connectivity index (χ1n) is 19.9. The molecule has 3 N–H and O–H groups in total. The van der Waals surface area contributed by atoms with E-state index >= 15 is 0 Å². The first-order valence-corrected chi connectivity index (χ1v) is 21.4. The summed E-state index contributed by atoms with van der Waals surface area (Å²) in [4.78, 5) is 62.7. The molecule has 2 aliphatic carbocycles. The van der Waals surface area contributed by atoms with Crippen LogP contribution in [0.1, 0.15) is 99.8 Å². The van der Waals surface area contributed by atoms with Gasteiger partial charge in [0.05, 0.1) is 17.9 Å². The van der Waals surface area contributed by atoms with Gasteiger partial charge in [0.1, 0.15) is 35.1 Å². The van der Waals surface area contributed by atoms with Gasteiger partial charge >= 0.3 is 6.09 Å². The second-order valence-corrected chi connectivity index (χ2v) is 19.4. The molecule has 1 saturated heterocycles. The molecular formula is C41H57N5O9S. The van der Waals surface area contributed by atoms with Crippen molar-refractivity contribution in [1.29, 1.82) is 0 Å². The number of benzene rings is 1. The number of hydrogen-bond acceptors (Lipinski definition) is 10. The Morgan fingerprint density at radius 2 is 1.86 bits per heavy atom.